The number of aromatic nitrogens is 4. The second-order valence-corrected chi connectivity index (χ2v) is 8.46. The van der Waals surface area contributed by atoms with E-state index < -0.39 is 0 Å². The second kappa shape index (κ2) is 9.30. The molecule has 1 amide bonds. The molecule has 10 nitrogen and oxygen atoms in total. The molecule has 0 saturated carbocycles. The van der Waals surface area contributed by atoms with Crippen LogP contribution in [0.4, 0.5) is 0 Å². The number of likely N-dealkylation sites (N-methyl/N-ethyl adjacent to an activating group) is 1. The number of rotatable bonds is 7. The number of nitrogens with one attached hydrogen (secondary N) is 1. The summed E-state index contributed by atoms with van der Waals surface area (Å²) in [5.74, 6) is 2.45. The average Bonchev–Trinajstić information content (AvgIpc) is 3.52. The smallest absolute Gasteiger partial charge is 0.251 e. The van der Waals surface area contributed by atoms with Gasteiger partial charge < -0.3 is 19.5 Å². The maximum absolute atomic E-state index is 12.6. The number of ether oxygens (including phenoxy) is 3. The summed E-state index contributed by atoms with van der Waals surface area (Å²) in [6.07, 6.45) is 2.80. The quantitative estimate of drug-likeness (QED) is 0.532. The lowest BCUT2D eigenvalue weighted by Crippen LogP contribution is -2.35. The minimum atomic E-state index is -0.273. The van der Waals surface area contributed by atoms with E-state index in [2.05, 4.69) is 32.7 Å². The van der Waals surface area contributed by atoms with Crippen molar-refractivity contribution in [3.63, 3.8) is 0 Å². The van der Waals surface area contributed by atoms with Gasteiger partial charge in [0, 0.05) is 24.2 Å². The average molecular weight is 465 g/mol. The standard InChI is InChI=1S/C24H28N6O4/c1-4-5-10-25-24(31)16-7-6-8-17(12-16)30-23(26-27-28-30)20-19-15(9-11-29(20)2)13-18-21(22(19)32-3)34-14-33-18/h6-8,12-13,20H,4-5,9-11,14H2,1-3H3,(H,25,31)/t20-/m0/s1. The highest BCUT2D eigenvalue weighted by atomic mass is 16.7. The number of nitrogens with zero attached hydrogens (tertiary/aromatic N) is 5. The highest BCUT2D eigenvalue weighted by Gasteiger charge is 2.37. The van der Waals surface area contributed by atoms with Crippen LogP contribution in [0.5, 0.6) is 17.2 Å². The molecule has 34 heavy (non-hydrogen) atoms. The van der Waals surface area contributed by atoms with Crippen molar-refractivity contribution in [1.82, 2.24) is 30.4 Å². The Morgan fingerprint density at radius 1 is 1.29 bits per heavy atom. The van der Waals surface area contributed by atoms with Crippen LogP contribution in [-0.4, -0.2) is 65.1 Å². The Bertz CT molecular complexity index is 1210. The molecule has 0 saturated heterocycles. The normalized spacial score (nSPS) is 16.9. The molecule has 0 fully saturated rings. The summed E-state index contributed by atoms with van der Waals surface area (Å²) in [6, 6.07) is 9.08. The zero-order valence-electron chi connectivity index (χ0n) is 19.6. The summed E-state index contributed by atoms with van der Waals surface area (Å²) in [7, 11) is 3.67. The molecule has 3 heterocycles. The van der Waals surface area contributed by atoms with E-state index in [-0.39, 0.29) is 18.7 Å². The van der Waals surface area contributed by atoms with Crippen molar-refractivity contribution in [2.45, 2.75) is 32.2 Å². The molecule has 5 rings (SSSR count). The third-order valence-electron chi connectivity index (χ3n) is 6.30. The van der Waals surface area contributed by atoms with Crippen molar-refractivity contribution in [2.75, 3.05) is 34.0 Å². The van der Waals surface area contributed by atoms with Gasteiger partial charge in [-0.05, 0) is 60.1 Å². The van der Waals surface area contributed by atoms with Gasteiger partial charge in [0.25, 0.3) is 5.91 Å². The molecule has 178 valence electrons. The van der Waals surface area contributed by atoms with E-state index in [1.54, 1.807) is 17.9 Å². The lowest BCUT2D eigenvalue weighted by Gasteiger charge is -2.34. The minimum absolute atomic E-state index is 0.112. The van der Waals surface area contributed by atoms with Gasteiger partial charge in [0.05, 0.1) is 12.8 Å². The topological polar surface area (TPSA) is 104 Å². The SMILES string of the molecule is CCCCNC(=O)c1cccc(-n2nnnc2[C@@H]2c3c(cc4c(c3OC)OCO4)CCN2C)c1. The van der Waals surface area contributed by atoms with Crippen LogP contribution < -0.4 is 19.5 Å². The molecule has 1 atom stereocenters. The number of carbonyl (C=O) groups excluding carboxylic acids is 1. The Morgan fingerprint density at radius 2 is 2.18 bits per heavy atom. The fraction of sp³-hybridized carbons (Fsp3) is 0.417. The van der Waals surface area contributed by atoms with E-state index in [0.717, 1.165) is 36.9 Å². The molecule has 2 aliphatic heterocycles. The molecule has 3 aromatic rings. The molecule has 1 N–H and O–H groups in total. The van der Waals surface area contributed by atoms with Crippen molar-refractivity contribution in [3.8, 4) is 22.9 Å². The fourth-order valence-corrected chi connectivity index (χ4v) is 4.57. The van der Waals surface area contributed by atoms with Gasteiger partial charge in [-0.1, -0.05) is 19.4 Å². The summed E-state index contributed by atoms with van der Waals surface area (Å²) in [4.78, 5) is 14.8. The van der Waals surface area contributed by atoms with Crippen LogP contribution in [0.2, 0.25) is 0 Å². The van der Waals surface area contributed by atoms with E-state index in [0.29, 0.717) is 40.9 Å². The van der Waals surface area contributed by atoms with E-state index in [1.807, 2.05) is 31.3 Å². The number of methoxy groups -OCH3 is 1. The summed E-state index contributed by atoms with van der Waals surface area (Å²) in [5.41, 5.74) is 3.35. The van der Waals surface area contributed by atoms with Gasteiger partial charge >= 0.3 is 0 Å². The van der Waals surface area contributed by atoms with Crippen LogP contribution in [0.25, 0.3) is 5.69 Å². The molecule has 1 aromatic heterocycles. The van der Waals surface area contributed by atoms with Gasteiger partial charge in [-0.2, -0.15) is 4.68 Å². The van der Waals surface area contributed by atoms with Crippen molar-refractivity contribution >= 4 is 5.91 Å². The summed E-state index contributed by atoms with van der Waals surface area (Å²) < 4.78 is 18.8. The molecule has 2 aromatic carbocycles. The first-order chi connectivity index (χ1) is 16.6. The molecular weight excluding hydrogens is 436 g/mol. The molecule has 10 heteroatoms. The first-order valence-corrected chi connectivity index (χ1v) is 11.5. The van der Waals surface area contributed by atoms with Crippen molar-refractivity contribution < 1.29 is 19.0 Å². The summed E-state index contributed by atoms with van der Waals surface area (Å²) >= 11 is 0. The van der Waals surface area contributed by atoms with Crippen LogP contribution in [0.15, 0.2) is 30.3 Å². The maximum Gasteiger partial charge on any atom is 0.251 e. The third-order valence-corrected chi connectivity index (χ3v) is 6.30. The van der Waals surface area contributed by atoms with Gasteiger partial charge in [0.2, 0.25) is 12.5 Å². The number of unbranched alkanes of at least 4 members (excludes halogenated alkanes) is 1. The molecule has 0 bridgehead atoms. The Kier molecular flexibility index (Phi) is 6.06. The lowest BCUT2D eigenvalue weighted by molar-refractivity contribution is 0.0953. The minimum Gasteiger partial charge on any atom is -0.492 e. The molecule has 0 radical (unpaired) electrons. The first-order valence-electron chi connectivity index (χ1n) is 11.5. The molecule has 2 aliphatic rings. The van der Waals surface area contributed by atoms with Gasteiger partial charge in [0.15, 0.2) is 17.3 Å². The van der Waals surface area contributed by atoms with Crippen LogP contribution >= 0.6 is 0 Å². The van der Waals surface area contributed by atoms with Gasteiger partial charge in [-0.3, -0.25) is 9.69 Å². The van der Waals surface area contributed by atoms with Crippen LogP contribution in [0.1, 0.15) is 53.1 Å². The number of tetrazole rings is 1. The highest BCUT2D eigenvalue weighted by molar-refractivity contribution is 5.94. The van der Waals surface area contributed by atoms with Crippen LogP contribution in [-0.2, 0) is 6.42 Å². The molecule has 0 unspecified atom stereocenters. The van der Waals surface area contributed by atoms with Gasteiger partial charge in [-0.25, -0.2) is 0 Å². The number of hydrogen-bond donors (Lipinski definition) is 1. The largest absolute Gasteiger partial charge is 0.492 e. The first kappa shape index (κ1) is 22.1. The van der Waals surface area contributed by atoms with Crippen molar-refractivity contribution in [3.05, 3.63) is 52.8 Å². The predicted molar refractivity (Wildman–Crippen MR) is 124 cm³/mol. The number of benzene rings is 2. The lowest BCUT2D eigenvalue weighted by atomic mass is 9.90. The molecular formula is C24H28N6O4. The highest BCUT2D eigenvalue weighted by Crippen LogP contribution is 2.50. The predicted octanol–water partition coefficient (Wildman–Crippen LogP) is 2.51. The van der Waals surface area contributed by atoms with Crippen LogP contribution in [0.3, 0.4) is 0 Å². The number of carbonyl (C=O) groups is 1. The summed E-state index contributed by atoms with van der Waals surface area (Å²) in [6.45, 7) is 3.72. The monoisotopic (exact) mass is 464 g/mol. The third kappa shape index (κ3) is 3.83. The van der Waals surface area contributed by atoms with Crippen molar-refractivity contribution in [2.24, 2.45) is 0 Å². The van der Waals surface area contributed by atoms with Gasteiger partial charge in [0.1, 0.15) is 6.04 Å². The Balaban J connectivity index is 1.55. The van der Waals surface area contributed by atoms with E-state index in [1.165, 1.54) is 0 Å². The van der Waals surface area contributed by atoms with E-state index >= 15 is 0 Å². The Hall–Kier alpha value is -3.66. The van der Waals surface area contributed by atoms with Crippen molar-refractivity contribution in [1.29, 1.82) is 0 Å². The molecule has 0 aliphatic carbocycles. The number of hydrogen-bond acceptors (Lipinski definition) is 8. The second-order valence-electron chi connectivity index (χ2n) is 8.46. The zero-order chi connectivity index (χ0) is 23.7. The fourth-order valence-electron chi connectivity index (χ4n) is 4.57. The number of amides is 1. The van der Waals surface area contributed by atoms with Gasteiger partial charge in [-0.15, -0.1) is 5.10 Å². The van der Waals surface area contributed by atoms with E-state index in [9.17, 15) is 4.79 Å². The number of fused-ring (bicyclic) bond motifs is 2. The zero-order valence-corrected chi connectivity index (χ0v) is 19.6. The molecule has 0 spiro atoms. The Labute approximate surface area is 197 Å². The van der Waals surface area contributed by atoms with E-state index in [4.69, 9.17) is 14.2 Å². The van der Waals surface area contributed by atoms with Crippen LogP contribution in [0, 0.1) is 0 Å². The maximum atomic E-state index is 12.6. The Morgan fingerprint density at radius 3 is 3.00 bits per heavy atom. The summed E-state index contributed by atoms with van der Waals surface area (Å²) in [5, 5.41) is 15.6.